The van der Waals surface area contributed by atoms with Crippen LogP contribution in [0.1, 0.15) is 18.9 Å². The number of halogens is 3. The van der Waals surface area contributed by atoms with E-state index in [-0.39, 0.29) is 28.2 Å². The van der Waals surface area contributed by atoms with Crippen LogP contribution in [-0.2, 0) is 25.6 Å². The van der Waals surface area contributed by atoms with E-state index in [1.54, 1.807) is 13.0 Å². The molecule has 1 aliphatic heterocycles. The van der Waals surface area contributed by atoms with Gasteiger partial charge in [-0.3, -0.25) is 9.59 Å². The summed E-state index contributed by atoms with van der Waals surface area (Å²) < 4.78 is 62.8. The highest BCUT2D eigenvalue weighted by atomic mass is 32.2. The number of anilines is 2. The van der Waals surface area contributed by atoms with Gasteiger partial charge in [0, 0.05) is 17.0 Å². The molecule has 0 radical (unpaired) electrons. The van der Waals surface area contributed by atoms with Gasteiger partial charge in [0.2, 0.25) is 11.8 Å². The Balaban J connectivity index is 1.63. The van der Waals surface area contributed by atoms with E-state index in [2.05, 4.69) is 10.6 Å². The van der Waals surface area contributed by atoms with Crippen LogP contribution < -0.4 is 10.6 Å². The number of thioether (sulfide) groups is 1. The lowest BCUT2D eigenvalue weighted by Gasteiger charge is -2.21. The lowest BCUT2D eigenvalue weighted by Crippen LogP contribution is -2.26. The van der Waals surface area contributed by atoms with Crippen molar-refractivity contribution >= 4 is 44.8 Å². The van der Waals surface area contributed by atoms with Crippen molar-refractivity contribution < 1.29 is 31.2 Å². The Kier molecular flexibility index (Phi) is 6.14. The first kappa shape index (κ1) is 22.2. The van der Waals surface area contributed by atoms with Crippen LogP contribution in [0.2, 0.25) is 0 Å². The van der Waals surface area contributed by atoms with Crippen molar-refractivity contribution in [3.63, 3.8) is 0 Å². The fourth-order valence-corrected chi connectivity index (χ4v) is 4.89. The standard InChI is InChI=1S/C19H17F3N2O4S2/c1-11-18(26)24-15-10-14(6-7-16(15)29-11)30(27,28)9-8-17(25)23-13-4-2-12(3-5-13)19(20,21)22/h2-7,10-11H,8-9H2,1H3,(H,23,25)(H,24,26). The predicted octanol–water partition coefficient (Wildman–Crippen LogP) is 3.94. The quantitative estimate of drug-likeness (QED) is 0.708. The van der Waals surface area contributed by atoms with E-state index >= 15 is 0 Å². The number of nitrogens with one attached hydrogen (secondary N) is 2. The number of fused-ring (bicyclic) bond motifs is 1. The molecule has 2 aromatic rings. The topological polar surface area (TPSA) is 92.3 Å². The molecular weight excluding hydrogens is 441 g/mol. The molecule has 11 heteroatoms. The minimum atomic E-state index is -4.48. The molecular formula is C19H17F3N2O4S2. The van der Waals surface area contributed by atoms with Crippen molar-refractivity contribution in [2.24, 2.45) is 0 Å². The van der Waals surface area contributed by atoms with Gasteiger partial charge in [0.15, 0.2) is 9.84 Å². The van der Waals surface area contributed by atoms with E-state index in [9.17, 15) is 31.2 Å². The van der Waals surface area contributed by atoms with Gasteiger partial charge in [0.05, 0.1) is 27.1 Å². The maximum Gasteiger partial charge on any atom is 0.416 e. The zero-order valence-electron chi connectivity index (χ0n) is 15.6. The monoisotopic (exact) mass is 458 g/mol. The van der Waals surface area contributed by atoms with Crippen LogP contribution in [0, 0.1) is 0 Å². The summed E-state index contributed by atoms with van der Waals surface area (Å²) >= 11 is 1.32. The second-order valence-electron chi connectivity index (χ2n) is 6.60. The van der Waals surface area contributed by atoms with Crippen molar-refractivity contribution in [1.82, 2.24) is 0 Å². The van der Waals surface area contributed by atoms with Crippen LogP contribution in [0.4, 0.5) is 24.5 Å². The summed E-state index contributed by atoms with van der Waals surface area (Å²) in [5, 5.41) is 4.74. The molecule has 1 atom stereocenters. The molecule has 0 aromatic heterocycles. The first-order valence-electron chi connectivity index (χ1n) is 8.77. The number of hydrogen-bond acceptors (Lipinski definition) is 5. The van der Waals surface area contributed by atoms with Gasteiger partial charge in [-0.25, -0.2) is 8.42 Å². The lowest BCUT2D eigenvalue weighted by atomic mass is 10.2. The summed E-state index contributed by atoms with van der Waals surface area (Å²) in [4.78, 5) is 24.5. The zero-order chi connectivity index (χ0) is 22.1. The second-order valence-corrected chi connectivity index (χ2v) is 10.1. The third-order valence-corrected chi connectivity index (χ3v) is 7.23. The van der Waals surface area contributed by atoms with Crippen molar-refractivity contribution in [2.45, 2.75) is 34.6 Å². The number of amides is 2. The Morgan fingerprint density at radius 2 is 1.83 bits per heavy atom. The van der Waals surface area contributed by atoms with Gasteiger partial charge < -0.3 is 10.6 Å². The van der Waals surface area contributed by atoms with Gasteiger partial charge in [-0.15, -0.1) is 11.8 Å². The molecule has 30 heavy (non-hydrogen) atoms. The van der Waals surface area contributed by atoms with E-state index < -0.39 is 33.2 Å². The van der Waals surface area contributed by atoms with Gasteiger partial charge in [-0.1, -0.05) is 0 Å². The van der Waals surface area contributed by atoms with Gasteiger partial charge >= 0.3 is 6.18 Å². The van der Waals surface area contributed by atoms with Crippen LogP contribution in [0.15, 0.2) is 52.3 Å². The molecule has 160 valence electrons. The first-order valence-corrected chi connectivity index (χ1v) is 11.3. The maximum atomic E-state index is 12.6. The smallest absolute Gasteiger partial charge is 0.326 e. The van der Waals surface area contributed by atoms with E-state index in [1.165, 1.54) is 23.9 Å². The summed E-state index contributed by atoms with van der Waals surface area (Å²) in [5.74, 6) is -1.36. The molecule has 1 unspecified atom stereocenters. The summed E-state index contributed by atoms with van der Waals surface area (Å²) in [6.07, 6.45) is -4.86. The van der Waals surface area contributed by atoms with Gasteiger partial charge in [0.25, 0.3) is 0 Å². The minimum absolute atomic E-state index is 0.0287. The summed E-state index contributed by atoms with van der Waals surface area (Å²) in [7, 11) is -3.81. The molecule has 0 saturated heterocycles. The highest BCUT2D eigenvalue weighted by Crippen LogP contribution is 2.37. The SMILES string of the molecule is CC1Sc2ccc(S(=O)(=O)CCC(=O)Nc3ccc(C(F)(F)F)cc3)cc2NC1=O. The summed E-state index contributed by atoms with van der Waals surface area (Å²) in [6.45, 7) is 1.74. The Labute approximate surface area is 175 Å². The molecule has 2 amide bonds. The van der Waals surface area contributed by atoms with E-state index in [1.807, 2.05) is 0 Å². The number of benzene rings is 2. The lowest BCUT2D eigenvalue weighted by molar-refractivity contribution is -0.137. The molecule has 2 aromatic carbocycles. The van der Waals surface area contributed by atoms with Crippen molar-refractivity contribution in [2.75, 3.05) is 16.4 Å². The number of hydrogen-bond donors (Lipinski definition) is 2. The van der Waals surface area contributed by atoms with E-state index in [0.29, 0.717) is 5.69 Å². The average Bonchev–Trinajstić information content (AvgIpc) is 2.67. The Morgan fingerprint density at radius 3 is 2.47 bits per heavy atom. The van der Waals surface area contributed by atoms with Gasteiger partial charge in [-0.2, -0.15) is 13.2 Å². The summed E-state index contributed by atoms with van der Waals surface area (Å²) in [6, 6.07) is 8.22. The number of carbonyl (C=O) groups is 2. The molecule has 1 heterocycles. The van der Waals surface area contributed by atoms with E-state index in [0.717, 1.165) is 29.2 Å². The molecule has 0 aliphatic carbocycles. The summed E-state index contributed by atoms with van der Waals surface area (Å²) in [5.41, 5.74) is -0.318. The molecule has 3 rings (SSSR count). The van der Waals surface area contributed by atoms with E-state index in [4.69, 9.17) is 0 Å². The fourth-order valence-electron chi connectivity index (χ4n) is 2.69. The third kappa shape index (κ3) is 5.14. The molecule has 6 nitrogen and oxygen atoms in total. The highest BCUT2D eigenvalue weighted by molar-refractivity contribution is 8.01. The molecule has 2 N–H and O–H groups in total. The highest BCUT2D eigenvalue weighted by Gasteiger charge is 2.30. The molecule has 1 aliphatic rings. The fraction of sp³-hybridized carbons (Fsp3) is 0.263. The number of carbonyl (C=O) groups excluding carboxylic acids is 2. The number of rotatable bonds is 5. The number of sulfone groups is 1. The minimum Gasteiger partial charge on any atom is -0.326 e. The van der Waals surface area contributed by atoms with Crippen LogP contribution in [0.3, 0.4) is 0 Å². The zero-order valence-corrected chi connectivity index (χ0v) is 17.2. The Morgan fingerprint density at radius 1 is 1.17 bits per heavy atom. The number of alkyl halides is 3. The first-order chi connectivity index (χ1) is 14.0. The van der Waals surface area contributed by atoms with Crippen LogP contribution in [0.5, 0.6) is 0 Å². The Bertz CT molecular complexity index is 1080. The van der Waals surface area contributed by atoms with Crippen LogP contribution >= 0.6 is 11.8 Å². The van der Waals surface area contributed by atoms with Crippen molar-refractivity contribution in [1.29, 1.82) is 0 Å². The van der Waals surface area contributed by atoms with Crippen molar-refractivity contribution in [3.05, 3.63) is 48.0 Å². The molecule has 0 fully saturated rings. The predicted molar refractivity (Wildman–Crippen MR) is 107 cm³/mol. The maximum absolute atomic E-state index is 12.6. The largest absolute Gasteiger partial charge is 0.416 e. The molecule has 0 bridgehead atoms. The normalized spacial score (nSPS) is 16.5. The second kappa shape index (κ2) is 8.31. The van der Waals surface area contributed by atoms with Crippen molar-refractivity contribution in [3.8, 4) is 0 Å². The Hall–Kier alpha value is -2.53. The van der Waals surface area contributed by atoms with Crippen LogP contribution in [0.25, 0.3) is 0 Å². The molecule has 0 spiro atoms. The van der Waals surface area contributed by atoms with Crippen LogP contribution in [-0.4, -0.2) is 31.2 Å². The van der Waals surface area contributed by atoms with Gasteiger partial charge in [0.1, 0.15) is 0 Å². The average molecular weight is 458 g/mol. The third-order valence-electron chi connectivity index (χ3n) is 4.33. The molecule has 0 saturated carbocycles. The van der Waals surface area contributed by atoms with Gasteiger partial charge in [-0.05, 0) is 49.4 Å².